The Morgan fingerprint density at radius 2 is 2.16 bits per heavy atom. The standard InChI is InChI=1S/C22H19FN6OS/c23-19-11-15(7-8-24-19)12-28-9-1-3-18(28)21(30)27-22-26-17(14-31-22)6-5-16-13-29-10-2-4-20(29)25-16/h1,3,5-9,11,13-14H,2,4,10,12H2,(H,26,27,30). The predicted molar refractivity (Wildman–Crippen MR) is 117 cm³/mol. The lowest BCUT2D eigenvalue weighted by atomic mass is 10.2. The Labute approximate surface area is 181 Å². The highest BCUT2D eigenvalue weighted by atomic mass is 32.1. The molecule has 0 unspecified atom stereocenters. The number of anilines is 1. The third-order valence-corrected chi connectivity index (χ3v) is 5.83. The van der Waals surface area contributed by atoms with Crippen molar-refractivity contribution in [1.82, 2.24) is 24.1 Å². The van der Waals surface area contributed by atoms with Crippen molar-refractivity contribution in [3.8, 4) is 0 Å². The highest BCUT2D eigenvalue weighted by molar-refractivity contribution is 7.14. The molecule has 1 aliphatic rings. The van der Waals surface area contributed by atoms with Gasteiger partial charge >= 0.3 is 0 Å². The summed E-state index contributed by atoms with van der Waals surface area (Å²) in [6.07, 6.45) is 11.3. The number of hydrogen-bond donors (Lipinski definition) is 1. The van der Waals surface area contributed by atoms with Gasteiger partial charge in [0.25, 0.3) is 5.91 Å². The maximum Gasteiger partial charge on any atom is 0.274 e. The van der Waals surface area contributed by atoms with Gasteiger partial charge in [0.2, 0.25) is 5.95 Å². The molecular weight excluding hydrogens is 415 g/mol. The van der Waals surface area contributed by atoms with E-state index < -0.39 is 5.95 Å². The van der Waals surface area contributed by atoms with E-state index in [1.165, 1.54) is 23.6 Å². The number of carbonyl (C=O) groups is 1. The fraction of sp³-hybridized carbons (Fsp3) is 0.182. The first kappa shape index (κ1) is 19.4. The lowest BCUT2D eigenvalue weighted by Gasteiger charge is -2.09. The molecule has 4 aromatic rings. The summed E-state index contributed by atoms with van der Waals surface area (Å²) >= 11 is 1.36. The minimum atomic E-state index is -0.542. The molecule has 5 rings (SSSR count). The smallest absolute Gasteiger partial charge is 0.274 e. The van der Waals surface area contributed by atoms with Crippen molar-refractivity contribution in [3.05, 3.63) is 82.7 Å². The molecule has 0 fully saturated rings. The molecule has 7 nitrogen and oxygen atoms in total. The molecule has 156 valence electrons. The number of thiazole rings is 1. The van der Waals surface area contributed by atoms with Gasteiger partial charge in [0.1, 0.15) is 11.5 Å². The van der Waals surface area contributed by atoms with Gasteiger partial charge in [-0.2, -0.15) is 4.39 Å². The second kappa shape index (κ2) is 8.27. The summed E-state index contributed by atoms with van der Waals surface area (Å²) in [6, 6.07) is 6.58. The zero-order chi connectivity index (χ0) is 21.2. The van der Waals surface area contributed by atoms with Crippen LogP contribution in [-0.2, 0) is 19.5 Å². The molecule has 1 N–H and O–H groups in total. The van der Waals surface area contributed by atoms with E-state index in [-0.39, 0.29) is 5.91 Å². The fourth-order valence-corrected chi connectivity index (χ4v) is 4.28. The molecule has 31 heavy (non-hydrogen) atoms. The Hall–Kier alpha value is -3.59. The van der Waals surface area contributed by atoms with Gasteiger partial charge in [-0.15, -0.1) is 11.3 Å². The number of pyridine rings is 1. The number of rotatable bonds is 6. The summed E-state index contributed by atoms with van der Waals surface area (Å²) in [5.41, 5.74) is 2.87. The molecule has 1 aliphatic heterocycles. The summed E-state index contributed by atoms with van der Waals surface area (Å²) in [4.78, 5) is 25.4. The van der Waals surface area contributed by atoms with Gasteiger partial charge < -0.3 is 9.13 Å². The molecule has 0 atom stereocenters. The average molecular weight is 435 g/mol. The molecule has 0 bridgehead atoms. The maximum atomic E-state index is 13.3. The van der Waals surface area contributed by atoms with E-state index in [9.17, 15) is 9.18 Å². The number of imidazole rings is 1. The summed E-state index contributed by atoms with van der Waals surface area (Å²) in [6.45, 7) is 1.40. The number of carbonyl (C=O) groups excluding carboxylic acids is 1. The Morgan fingerprint density at radius 3 is 3.03 bits per heavy atom. The molecule has 5 heterocycles. The number of fused-ring (bicyclic) bond motifs is 1. The van der Waals surface area contributed by atoms with Crippen LogP contribution in [0, 0.1) is 5.95 Å². The van der Waals surface area contributed by atoms with E-state index in [4.69, 9.17) is 0 Å². The topological polar surface area (TPSA) is 77.6 Å². The van der Waals surface area contributed by atoms with Crippen molar-refractivity contribution in [2.75, 3.05) is 5.32 Å². The van der Waals surface area contributed by atoms with Crippen molar-refractivity contribution < 1.29 is 9.18 Å². The Bertz CT molecular complexity index is 1250. The van der Waals surface area contributed by atoms with Crippen molar-refractivity contribution in [2.24, 2.45) is 0 Å². The van der Waals surface area contributed by atoms with Crippen molar-refractivity contribution in [2.45, 2.75) is 25.9 Å². The first-order valence-corrected chi connectivity index (χ1v) is 10.8. The van der Waals surface area contributed by atoms with Crippen LogP contribution in [0.3, 0.4) is 0 Å². The van der Waals surface area contributed by atoms with E-state index in [2.05, 4.69) is 31.0 Å². The van der Waals surface area contributed by atoms with Crippen LogP contribution in [0.15, 0.2) is 48.2 Å². The molecule has 0 radical (unpaired) electrons. The molecule has 0 aromatic carbocycles. The third-order valence-electron chi connectivity index (χ3n) is 5.05. The largest absolute Gasteiger partial charge is 0.339 e. The van der Waals surface area contributed by atoms with Crippen LogP contribution in [0.25, 0.3) is 12.2 Å². The number of nitrogens with zero attached hydrogens (tertiary/aromatic N) is 5. The van der Waals surface area contributed by atoms with Crippen LogP contribution >= 0.6 is 11.3 Å². The van der Waals surface area contributed by atoms with Gasteiger partial charge in [-0.05, 0) is 48.4 Å². The number of amides is 1. The van der Waals surface area contributed by atoms with Crippen LogP contribution in [0.1, 0.15) is 39.7 Å². The third kappa shape index (κ3) is 4.31. The zero-order valence-corrected chi connectivity index (χ0v) is 17.3. The lowest BCUT2D eigenvalue weighted by molar-refractivity contribution is 0.101. The highest BCUT2D eigenvalue weighted by Gasteiger charge is 2.14. The minimum absolute atomic E-state index is 0.269. The molecule has 0 saturated heterocycles. The first-order valence-electron chi connectivity index (χ1n) is 9.91. The monoisotopic (exact) mass is 434 g/mol. The van der Waals surface area contributed by atoms with Crippen molar-refractivity contribution in [1.29, 1.82) is 0 Å². The average Bonchev–Trinajstić information content (AvgIpc) is 3.51. The lowest BCUT2D eigenvalue weighted by Crippen LogP contribution is -2.17. The van der Waals surface area contributed by atoms with Crippen LogP contribution in [-0.4, -0.2) is 30.0 Å². The quantitative estimate of drug-likeness (QED) is 0.464. The van der Waals surface area contributed by atoms with Crippen LogP contribution in [0.4, 0.5) is 9.52 Å². The minimum Gasteiger partial charge on any atom is -0.339 e. The molecule has 0 spiro atoms. The SMILES string of the molecule is O=C(Nc1nc(C=Cc2cn3c(n2)CCC3)cs1)c1cccn1Cc1ccnc(F)c1. The Kier molecular flexibility index (Phi) is 5.17. The van der Waals surface area contributed by atoms with Gasteiger partial charge in [-0.25, -0.2) is 15.0 Å². The highest BCUT2D eigenvalue weighted by Crippen LogP contribution is 2.20. The summed E-state index contributed by atoms with van der Waals surface area (Å²) in [5, 5.41) is 5.24. The molecule has 1 amide bonds. The van der Waals surface area contributed by atoms with Gasteiger partial charge in [0.15, 0.2) is 5.13 Å². The van der Waals surface area contributed by atoms with E-state index >= 15 is 0 Å². The van der Waals surface area contributed by atoms with Crippen molar-refractivity contribution >= 4 is 34.5 Å². The molecule has 0 aliphatic carbocycles. The van der Waals surface area contributed by atoms with E-state index in [0.717, 1.165) is 42.2 Å². The van der Waals surface area contributed by atoms with E-state index in [1.54, 1.807) is 29.0 Å². The number of aromatic nitrogens is 5. The van der Waals surface area contributed by atoms with Crippen LogP contribution < -0.4 is 5.32 Å². The second-order valence-corrected chi connectivity index (χ2v) is 8.11. The Balaban J connectivity index is 1.25. The van der Waals surface area contributed by atoms with Gasteiger partial charge in [0.05, 0.1) is 11.4 Å². The summed E-state index contributed by atoms with van der Waals surface area (Å²) in [7, 11) is 0. The van der Waals surface area contributed by atoms with Gasteiger partial charge in [0, 0.05) is 43.5 Å². The van der Waals surface area contributed by atoms with Crippen LogP contribution in [0.5, 0.6) is 0 Å². The van der Waals surface area contributed by atoms with Crippen LogP contribution in [0.2, 0.25) is 0 Å². The summed E-state index contributed by atoms with van der Waals surface area (Å²) in [5.74, 6) is 0.317. The normalized spacial score (nSPS) is 13.1. The number of aryl methyl sites for hydroxylation is 2. The second-order valence-electron chi connectivity index (χ2n) is 7.25. The maximum absolute atomic E-state index is 13.3. The van der Waals surface area contributed by atoms with Gasteiger partial charge in [-0.3, -0.25) is 10.1 Å². The molecular formula is C22H19FN6OS. The Morgan fingerprint density at radius 1 is 1.26 bits per heavy atom. The van der Waals surface area contributed by atoms with E-state index in [0.29, 0.717) is 17.4 Å². The first-order chi connectivity index (χ1) is 15.1. The predicted octanol–water partition coefficient (Wildman–Crippen LogP) is 4.09. The number of nitrogens with one attached hydrogen (secondary N) is 1. The number of hydrogen-bond acceptors (Lipinski definition) is 5. The van der Waals surface area contributed by atoms with Gasteiger partial charge in [-0.1, -0.05) is 0 Å². The molecule has 4 aromatic heterocycles. The van der Waals surface area contributed by atoms with Crippen molar-refractivity contribution in [3.63, 3.8) is 0 Å². The molecule has 9 heteroatoms. The summed E-state index contributed by atoms with van der Waals surface area (Å²) < 4.78 is 17.3. The molecule has 0 saturated carbocycles. The fourth-order valence-electron chi connectivity index (χ4n) is 3.60. The zero-order valence-electron chi connectivity index (χ0n) is 16.5. The number of halogens is 1. The van der Waals surface area contributed by atoms with E-state index in [1.807, 2.05) is 17.5 Å².